The first-order valence-corrected chi connectivity index (χ1v) is 12.4. The van der Waals surface area contributed by atoms with Gasteiger partial charge >= 0.3 is 6.09 Å². The van der Waals surface area contributed by atoms with E-state index < -0.39 is 35.6 Å². The van der Waals surface area contributed by atoms with Crippen LogP contribution in [0.1, 0.15) is 37.9 Å². The molecular weight excluding hydrogens is 486 g/mol. The molecular formula is C29H31N3O4S. The minimum atomic E-state index is -1.16. The van der Waals surface area contributed by atoms with E-state index in [-0.39, 0.29) is 5.75 Å². The second-order valence-electron chi connectivity index (χ2n) is 9.59. The van der Waals surface area contributed by atoms with E-state index in [9.17, 15) is 14.4 Å². The van der Waals surface area contributed by atoms with Gasteiger partial charge in [-0.15, -0.1) is 0 Å². The lowest BCUT2D eigenvalue weighted by Gasteiger charge is -2.30. The van der Waals surface area contributed by atoms with Crippen LogP contribution in [-0.4, -0.2) is 40.2 Å². The van der Waals surface area contributed by atoms with Crippen molar-refractivity contribution in [3.63, 3.8) is 0 Å². The lowest BCUT2D eigenvalue weighted by molar-refractivity contribution is -0.136. The highest BCUT2D eigenvalue weighted by molar-refractivity contribution is 7.80. The summed E-state index contributed by atoms with van der Waals surface area (Å²) in [5, 5.41) is 7.38. The van der Waals surface area contributed by atoms with E-state index in [1.807, 2.05) is 49.4 Å². The number of terminal acetylenes is 1. The van der Waals surface area contributed by atoms with Crippen LogP contribution in [0.2, 0.25) is 0 Å². The standard InChI is InChI=1S/C29H31N3O4S/c1-6-32(27(34)24(18-37)31-28(35)36-29(3,4)5)25(22-13-9-10-19(2)16-22)26(33)30-23-15-14-20-11-7-8-12-21(20)17-23/h1,7-17,24-25,37H,18H2,2-5H3,(H,30,33)(H,31,35). The summed E-state index contributed by atoms with van der Waals surface area (Å²) < 4.78 is 5.27. The number of ether oxygens (including phenoxy) is 1. The van der Waals surface area contributed by atoms with Crippen LogP contribution >= 0.6 is 12.6 Å². The number of thiol groups is 1. The monoisotopic (exact) mass is 517 g/mol. The molecule has 8 heteroatoms. The average Bonchev–Trinajstić information content (AvgIpc) is 2.84. The van der Waals surface area contributed by atoms with Crippen LogP contribution in [0, 0.1) is 19.4 Å². The van der Waals surface area contributed by atoms with Gasteiger partial charge in [0.15, 0.2) is 0 Å². The summed E-state index contributed by atoms with van der Waals surface area (Å²) in [6.07, 6.45) is 5.00. The topological polar surface area (TPSA) is 87.7 Å². The number of fused-ring (bicyclic) bond motifs is 1. The Balaban J connectivity index is 1.93. The Labute approximate surface area is 223 Å². The number of alkyl carbamates (subject to hydrolysis) is 1. The van der Waals surface area contributed by atoms with Crippen molar-refractivity contribution in [1.29, 1.82) is 0 Å². The lowest BCUT2D eigenvalue weighted by atomic mass is 10.0. The molecule has 3 aromatic carbocycles. The van der Waals surface area contributed by atoms with Crippen LogP contribution in [-0.2, 0) is 14.3 Å². The fourth-order valence-corrected chi connectivity index (χ4v) is 4.05. The lowest BCUT2D eigenvalue weighted by Crippen LogP contribution is -2.51. The highest BCUT2D eigenvalue weighted by Crippen LogP contribution is 2.26. The fraction of sp³-hybridized carbons (Fsp3) is 0.276. The number of anilines is 1. The number of nitrogens with zero attached hydrogens (tertiary/aromatic N) is 1. The molecule has 0 heterocycles. The molecule has 3 rings (SSSR count). The van der Waals surface area contributed by atoms with Crippen LogP contribution < -0.4 is 10.6 Å². The summed E-state index contributed by atoms with van der Waals surface area (Å²) in [6.45, 7) is 7.01. The van der Waals surface area contributed by atoms with E-state index >= 15 is 0 Å². The minimum absolute atomic E-state index is 0.0525. The number of carbonyl (C=O) groups excluding carboxylic acids is 3. The molecule has 3 amide bonds. The molecule has 0 aliphatic heterocycles. The van der Waals surface area contributed by atoms with Crippen LogP contribution in [0.25, 0.3) is 10.8 Å². The van der Waals surface area contributed by atoms with Gasteiger partial charge in [0.05, 0.1) is 0 Å². The second-order valence-corrected chi connectivity index (χ2v) is 9.95. The molecule has 192 valence electrons. The number of aryl methyl sites for hydroxylation is 1. The molecule has 0 fully saturated rings. The van der Waals surface area contributed by atoms with E-state index in [1.165, 1.54) is 0 Å². The van der Waals surface area contributed by atoms with Crippen molar-refractivity contribution in [2.45, 2.75) is 45.4 Å². The molecule has 0 aliphatic rings. The Bertz CT molecular complexity index is 1340. The van der Waals surface area contributed by atoms with Gasteiger partial charge in [-0.05, 0) is 56.2 Å². The summed E-state index contributed by atoms with van der Waals surface area (Å²) in [6, 6.07) is 20.6. The molecule has 37 heavy (non-hydrogen) atoms. The Morgan fingerprint density at radius 2 is 1.73 bits per heavy atom. The quantitative estimate of drug-likeness (QED) is 0.232. The summed E-state index contributed by atoms with van der Waals surface area (Å²) in [5.74, 6) is -1.21. The number of rotatable bonds is 7. The number of hydrogen-bond acceptors (Lipinski definition) is 5. The molecule has 7 nitrogen and oxygen atoms in total. The number of amides is 3. The highest BCUT2D eigenvalue weighted by Gasteiger charge is 2.35. The van der Waals surface area contributed by atoms with Crippen molar-refractivity contribution in [2.75, 3.05) is 11.1 Å². The van der Waals surface area contributed by atoms with E-state index in [0.717, 1.165) is 21.2 Å². The predicted molar refractivity (Wildman–Crippen MR) is 149 cm³/mol. The van der Waals surface area contributed by atoms with Crippen molar-refractivity contribution in [1.82, 2.24) is 10.2 Å². The van der Waals surface area contributed by atoms with Gasteiger partial charge in [-0.1, -0.05) is 66.6 Å². The third kappa shape index (κ3) is 7.28. The summed E-state index contributed by atoms with van der Waals surface area (Å²) >= 11 is 4.23. The van der Waals surface area contributed by atoms with E-state index in [4.69, 9.17) is 11.2 Å². The molecule has 0 aromatic heterocycles. The summed E-state index contributed by atoms with van der Waals surface area (Å²) in [5.41, 5.74) is 1.22. The molecule has 0 bridgehead atoms. The molecule has 0 spiro atoms. The molecule has 2 atom stereocenters. The number of nitrogens with one attached hydrogen (secondary N) is 2. The van der Waals surface area contributed by atoms with Gasteiger partial charge in [0, 0.05) is 17.5 Å². The maximum Gasteiger partial charge on any atom is 0.408 e. The van der Waals surface area contributed by atoms with Gasteiger partial charge in [0.25, 0.3) is 11.8 Å². The fourth-order valence-electron chi connectivity index (χ4n) is 3.80. The van der Waals surface area contributed by atoms with Crippen molar-refractivity contribution < 1.29 is 19.1 Å². The zero-order valence-electron chi connectivity index (χ0n) is 21.3. The van der Waals surface area contributed by atoms with Crippen molar-refractivity contribution in [2.24, 2.45) is 0 Å². The Morgan fingerprint density at radius 3 is 2.35 bits per heavy atom. The van der Waals surface area contributed by atoms with Gasteiger partial charge < -0.3 is 15.4 Å². The van der Waals surface area contributed by atoms with Gasteiger partial charge in [-0.3, -0.25) is 14.5 Å². The first-order valence-electron chi connectivity index (χ1n) is 11.8. The van der Waals surface area contributed by atoms with Gasteiger partial charge in [0.1, 0.15) is 17.7 Å². The number of benzene rings is 3. The zero-order chi connectivity index (χ0) is 27.2. The largest absolute Gasteiger partial charge is 0.444 e. The van der Waals surface area contributed by atoms with E-state index in [1.54, 1.807) is 45.0 Å². The van der Waals surface area contributed by atoms with Gasteiger partial charge in [-0.2, -0.15) is 12.6 Å². The maximum absolute atomic E-state index is 13.7. The number of carbonyl (C=O) groups is 3. The summed E-state index contributed by atoms with van der Waals surface area (Å²) in [4.78, 5) is 40.5. The highest BCUT2D eigenvalue weighted by atomic mass is 32.1. The molecule has 0 radical (unpaired) electrons. The van der Waals surface area contributed by atoms with E-state index in [2.05, 4.69) is 29.3 Å². The molecule has 0 saturated heterocycles. The van der Waals surface area contributed by atoms with Crippen LogP contribution in [0.3, 0.4) is 0 Å². The first kappa shape index (κ1) is 27.6. The molecule has 0 aliphatic carbocycles. The molecule has 2 unspecified atom stereocenters. The van der Waals surface area contributed by atoms with E-state index in [0.29, 0.717) is 11.3 Å². The Hall–Kier alpha value is -3.96. The second kappa shape index (κ2) is 11.8. The maximum atomic E-state index is 13.7. The zero-order valence-corrected chi connectivity index (χ0v) is 22.2. The number of hydrogen-bond donors (Lipinski definition) is 3. The third-order valence-electron chi connectivity index (χ3n) is 5.43. The van der Waals surface area contributed by atoms with Crippen molar-refractivity contribution >= 4 is 47.0 Å². The van der Waals surface area contributed by atoms with Crippen LogP contribution in [0.15, 0.2) is 66.7 Å². The van der Waals surface area contributed by atoms with Crippen LogP contribution in [0.4, 0.5) is 10.5 Å². The normalized spacial score (nSPS) is 12.6. The van der Waals surface area contributed by atoms with Crippen molar-refractivity contribution in [3.8, 4) is 12.5 Å². The molecule has 3 aromatic rings. The van der Waals surface area contributed by atoms with Gasteiger partial charge in [-0.25, -0.2) is 4.79 Å². The smallest absolute Gasteiger partial charge is 0.408 e. The molecule has 0 saturated carbocycles. The summed E-state index contributed by atoms with van der Waals surface area (Å²) in [7, 11) is 0. The first-order chi connectivity index (χ1) is 17.5. The predicted octanol–water partition coefficient (Wildman–Crippen LogP) is 5.07. The van der Waals surface area contributed by atoms with Crippen molar-refractivity contribution in [3.05, 3.63) is 77.9 Å². The minimum Gasteiger partial charge on any atom is -0.444 e. The average molecular weight is 518 g/mol. The molecule has 2 N–H and O–H groups in total. The third-order valence-corrected chi connectivity index (χ3v) is 5.79. The SMILES string of the molecule is C#CN(C(=O)C(CS)NC(=O)OC(C)(C)C)C(C(=O)Nc1ccc2ccccc2c1)c1cccc(C)c1. The Kier molecular flexibility index (Phi) is 8.85. The van der Waals surface area contributed by atoms with Crippen LogP contribution in [0.5, 0.6) is 0 Å². The Morgan fingerprint density at radius 1 is 1.03 bits per heavy atom. The van der Waals surface area contributed by atoms with Gasteiger partial charge in [0.2, 0.25) is 0 Å².